The molecule has 0 aliphatic heterocycles. The van der Waals surface area contributed by atoms with E-state index in [1.54, 1.807) is 6.20 Å². The van der Waals surface area contributed by atoms with Gasteiger partial charge in [-0.15, -0.1) is 0 Å². The van der Waals surface area contributed by atoms with Crippen LogP contribution in [0.5, 0.6) is 0 Å². The molecule has 1 saturated carbocycles. The van der Waals surface area contributed by atoms with Crippen LogP contribution in [-0.2, 0) is 6.54 Å². The van der Waals surface area contributed by atoms with Crippen LogP contribution in [0.2, 0.25) is 0 Å². The van der Waals surface area contributed by atoms with Gasteiger partial charge >= 0.3 is 0 Å². The summed E-state index contributed by atoms with van der Waals surface area (Å²) in [4.78, 5) is 8.70. The molecule has 16 heavy (non-hydrogen) atoms. The highest BCUT2D eigenvalue weighted by molar-refractivity contribution is 7.09. The van der Waals surface area contributed by atoms with E-state index >= 15 is 0 Å². The van der Waals surface area contributed by atoms with E-state index in [0.29, 0.717) is 12.5 Å². The fourth-order valence-electron chi connectivity index (χ4n) is 1.48. The molecule has 0 spiro atoms. The number of rotatable bonds is 4. The zero-order valence-corrected chi connectivity index (χ0v) is 9.57. The molecule has 3 rings (SSSR count). The van der Waals surface area contributed by atoms with E-state index in [1.807, 2.05) is 18.2 Å². The second-order valence-corrected chi connectivity index (χ2v) is 4.66. The van der Waals surface area contributed by atoms with Crippen molar-refractivity contribution in [2.45, 2.75) is 25.3 Å². The summed E-state index contributed by atoms with van der Waals surface area (Å²) in [5.74, 6) is 1.63. The van der Waals surface area contributed by atoms with Gasteiger partial charge in [0.05, 0.1) is 12.2 Å². The number of nitrogens with zero attached hydrogens (tertiary/aromatic N) is 3. The van der Waals surface area contributed by atoms with Crippen molar-refractivity contribution in [2.24, 2.45) is 0 Å². The SMILES string of the molecule is c1ccc(CNc2nc(C3CC3)ns2)nc1. The molecule has 0 unspecified atom stereocenters. The first-order chi connectivity index (χ1) is 7.92. The first-order valence-electron chi connectivity index (χ1n) is 5.39. The van der Waals surface area contributed by atoms with Crippen molar-refractivity contribution in [3.8, 4) is 0 Å². The van der Waals surface area contributed by atoms with Gasteiger partial charge in [0, 0.05) is 23.6 Å². The Morgan fingerprint density at radius 3 is 3.06 bits per heavy atom. The van der Waals surface area contributed by atoms with E-state index in [1.165, 1.54) is 24.4 Å². The largest absolute Gasteiger partial charge is 0.355 e. The molecule has 5 heteroatoms. The molecule has 0 bridgehead atoms. The van der Waals surface area contributed by atoms with Crippen LogP contribution >= 0.6 is 11.5 Å². The predicted molar refractivity (Wildman–Crippen MR) is 63.4 cm³/mol. The highest BCUT2D eigenvalue weighted by Gasteiger charge is 2.27. The average Bonchev–Trinajstić information content (AvgIpc) is 3.08. The molecule has 82 valence electrons. The predicted octanol–water partition coefficient (Wildman–Crippen LogP) is 2.42. The maximum absolute atomic E-state index is 4.46. The van der Waals surface area contributed by atoms with Crippen molar-refractivity contribution >= 4 is 16.7 Å². The van der Waals surface area contributed by atoms with Crippen molar-refractivity contribution in [1.82, 2.24) is 14.3 Å². The van der Waals surface area contributed by atoms with Crippen LogP contribution in [0.15, 0.2) is 24.4 Å². The Morgan fingerprint density at radius 1 is 1.38 bits per heavy atom. The number of hydrogen-bond acceptors (Lipinski definition) is 5. The fraction of sp³-hybridized carbons (Fsp3) is 0.364. The van der Waals surface area contributed by atoms with Gasteiger partial charge in [0.1, 0.15) is 5.82 Å². The van der Waals surface area contributed by atoms with Crippen molar-refractivity contribution in [1.29, 1.82) is 0 Å². The summed E-state index contributed by atoms with van der Waals surface area (Å²) >= 11 is 1.44. The van der Waals surface area contributed by atoms with Gasteiger partial charge in [0.2, 0.25) is 5.13 Å². The van der Waals surface area contributed by atoms with E-state index in [9.17, 15) is 0 Å². The molecule has 2 heterocycles. The lowest BCUT2D eigenvalue weighted by molar-refractivity contribution is 0.973. The first-order valence-corrected chi connectivity index (χ1v) is 6.16. The van der Waals surface area contributed by atoms with Crippen LogP contribution in [0.4, 0.5) is 5.13 Å². The van der Waals surface area contributed by atoms with Gasteiger partial charge in [-0.25, -0.2) is 4.98 Å². The summed E-state index contributed by atoms with van der Waals surface area (Å²) in [5.41, 5.74) is 1.02. The van der Waals surface area contributed by atoms with E-state index in [-0.39, 0.29) is 0 Å². The Hall–Kier alpha value is -1.49. The quantitative estimate of drug-likeness (QED) is 0.879. The molecule has 1 fully saturated rings. The third kappa shape index (κ3) is 2.19. The molecule has 1 aliphatic carbocycles. The third-order valence-corrected chi connectivity index (χ3v) is 3.22. The second kappa shape index (κ2) is 4.17. The minimum absolute atomic E-state index is 0.627. The van der Waals surface area contributed by atoms with Crippen LogP contribution in [0, 0.1) is 0 Å². The Labute approximate surface area is 97.9 Å². The highest BCUT2D eigenvalue weighted by Crippen LogP contribution is 2.39. The smallest absolute Gasteiger partial charge is 0.202 e. The van der Waals surface area contributed by atoms with Crippen molar-refractivity contribution in [3.05, 3.63) is 35.9 Å². The van der Waals surface area contributed by atoms with Gasteiger partial charge in [-0.05, 0) is 25.0 Å². The molecular formula is C11H12N4S. The van der Waals surface area contributed by atoms with Gasteiger partial charge in [-0.3, -0.25) is 4.98 Å². The summed E-state index contributed by atoms with van der Waals surface area (Å²) in [5, 5.41) is 4.14. The lowest BCUT2D eigenvalue weighted by Gasteiger charge is -2.00. The minimum Gasteiger partial charge on any atom is -0.355 e. The number of pyridine rings is 1. The zero-order chi connectivity index (χ0) is 10.8. The zero-order valence-electron chi connectivity index (χ0n) is 8.76. The number of aromatic nitrogens is 3. The summed E-state index contributed by atoms with van der Waals surface area (Å²) in [6.07, 6.45) is 4.29. The molecule has 2 aromatic rings. The lowest BCUT2D eigenvalue weighted by atomic mass is 10.3. The standard InChI is InChI=1S/C11H12N4S/c1-2-6-12-9(3-1)7-13-11-14-10(15-16-11)8-4-5-8/h1-3,6,8H,4-5,7H2,(H,13,14,15). The molecule has 0 radical (unpaired) electrons. The van der Waals surface area contributed by atoms with Crippen molar-refractivity contribution < 1.29 is 0 Å². The first kappa shape index (κ1) is 9.72. The summed E-state index contributed by atoms with van der Waals surface area (Å²) in [6.45, 7) is 0.708. The molecule has 0 amide bonds. The van der Waals surface area contributed by atoms with Crippen LogP contribution in [0.3, 0.4) is 0 Å². The van der Waals surface area contributed by atoms with E-state index in [2.05, 4.69) is 19.7 Å². The summed E-state index contributed by atoms with van der Waals surface area (Å²) in [6, 6.07) is 5.90. The van der Waals surface area contributed by atoms with Crippen LogP contribution < -0.4 is 5.32 Å². The van der Waals surface area contributed by atoms with Gasteiger partial charge < -0.3 is 5.32 Å². The topological polar surface area (TPSA) is 50.7 Å². The highest BCUT2D eigenvalue weighted by atomic mass is 32.1. The molecule has 0 aromatic carbocycles. The van der Waals surface area contributed by atoms with Crippen LogP contribution in [0.25, 0.3) is 0 Å². The Morgan fingerprint density at radius 2 is 2.31 bits per heavy atom. The Kier molecular flexibility index (Phi) is 2.53. The molecule has 1 aliphatic rings. The molecular weight excluding hydrogens is 220 g/mol. The van der Waals surface area contributed by atoms with E-state index in [4.69, 9.17) is 0 Å². The van der Waals surface area contributed by atoms with Gasteiger partial charge in [0.25, 0.3) is 0 Å². The second-order valence-electron chi connectivity index (χ2n) is 3.91. The lowest BCUT2D eigenvalue weighted by Crippen LogP contribution is -2.00. The summed E-state index contributed by atoms with van der Waals surface area (Å²) in [7, 11) is 0. The average molecular weight is 232 g/mol. The molecule has 1 N–H and O–H groups in total. The normalized spacial score (nSPS) is 15.0. The maximum Gasteiger partial charge on any atom is 0.202 e. The molecule has 4 nitrogen and oxygen atoms in total. The van der Waals surface area contributed by atoms with Crippen LogP contribution in [-0.4, -0.2) is 14.3 Å². The van der Waals surface area contributed by atoms with Gasteiger partial charge in [-0.2, -0.15) is 4.37 Å². The molecule has 0 atom stereocenters. The summed E-state index contributed by atoms with van der Waals surface area (Å²) < 4.78 is 4.34. The monoisotopic (exact) mass is 232 g/mol. The fourth-order valence-corrected chi connectivity index (χ4v) is 2.12. The van der Waals surface area contributed by atoms with E-state index in [0.717, 1.165) is 16.6 Å². The Bertz CT molecular complexity index is 464. The van der Waals surface area contributed by atoms with Crippen LogP contribution in [0.1, 0.15) is 30.3 Å². The third-order valence-electron chi connectivity index (χ3n) is 2.53. The Balaban J connectivity index is 1.61. The molecule has 0 saturated heterocycles. The van der Waals surface area contributed by atoms with Crippen molar-refractivity contribution in [3.63, 3.8) is 0 Å². The van der Waals surface area contributed by atoms with Gasteiger partial charge in [0.15, 0.2) is 0 Å². The maximum atomic E-state index is 4.46. The van der Waals surface area contributed by atoms with Gasteiger partial charge in [-0.1, -0.05) is 6.07 Å². The van der Waals surface area contributed by atoms with E-state index < -0.39 is 0 Å². The minimum atomic E-state index is 0.627. The number of nitrogens with one attached hydrogen (secondary N) is 1. The van der Waals surface area contributed by atoms with Crippen molar-refractivity contribution in [2.75, 3.05) is 5.32 Å². The number of anilines is 1. The number of hydrogen-bond donors (Lipinski definition) is 1. The molecule has 2 aromatic heterocycles.